The average molecular weight is 364 g/mol. The fraction of sp³-hybridized carbons (Fsp3) is 0.118. The Balaban J connectivity index is 2.08. The van der Waals surface area contributed by atoms with Crippen molar-refractivity contribution in [3.8, 4) is 28.5 Å². The number of hydrogen-bond acceptors (Lipinski definition) is 4. The zero-order valence-corrected chi connectivity index (χ0v) is 14.1. The molecule has 2 aromatic carbocycles. The molecule has 1 heterocycles. The van der Waals surface area contributed by atoms with Gasteiger partial charge in [0.15, 0.2) is 11.5 Å². The quantitative estimate of drug-likeness (QED) is 0.650. The molecule has 0 N–H and O–H groups in total. The highest BCUT2D eigenvalue weighted by Gasteiger charge is 2.15. The van der Waals surface area contributed by atoms with Crippen LogP contribution in [0, 0.1) is 5.82 Å². The van der Waals surface area contributed by atoms with E-state index in [4.69, 9.17) is 27.9 Å². The van der Waals surface area contributed by atoms with E-state index in [0.29, 0.717) is 45.2 Å². The van der Waals surface area contributed by atoms with Crippen LogP contribution in [0.1, 0.15) is 6.92 Å². The maximum Gasteiger partial charge on any atom is 0.244 e. The molecule has 0 saturated heterocycles. The van der Waals surface area contributed by atoms with Crippen LogP contribution < -0.4 is 4.74 Å². The van der Waals surface area contributed by atoms with Gasteiger partial charge in [-0.1, -0.05) is 23.2 Å². The lowest BCUT2D eigenvalue weighted by atomic mass is 10.1. The topological polar surface area (TPSA) is 47.9 Å². The van der Waals surface area contributed by atoms with Gasteiger partial charge in [-0.25, -0.2) is 4.39 Å². The van der Waals surface area contributed by atoms with E-state index in [1.54, 1.807) is 30.3 Å². The smallest absolute Gasteiger partial charge is 0.244 e. The van der Waals surface area contributed by atoms with Crippen LogP contribution in [0.2, 0.25) is 10.0 Å². The lowest BCUT2D eigenvalue weighted by Crippen LogP contribution is -2.03. The maximum atomic E-state index is 13.1. The highest BCUT2D eigenvalue weighted by Crippen LogP contribution is 2.31. The first-order chi connectivity index (χ1) is 11.6. The van der Waals surface area contributed by atoms with E-state index >= 15 is 0 Å². The van der Waals surface area contributed by atoms with Gasteiger partial charge in [0.25, 0.3) is 0 Å². The van der Waals surface area contributed by atoms with Gasteiger partial charge in [-0.2, -0.15) is 4.98 Å². The van der Waals surface area contributed by atoms with Gasteiger partial charge in [-0.05, 0) is 49.4 Å². The van der Waals surface area contributed by atoms with Crippen molar-refractivity contribution in [3.05, 3.63) is 58.3 Å². The second-order valence-electron chi connectivity index (χ2n) is 4.85. The van der Waals surface area contributed by atoms with Crippen molar-refractivity contribution in [3.63, 3.8) is 0 Å². The van der Waals surface area contributed by atoms with Gasteiger partial charge in [0.05, 0.1) is 11.6 Å². The highest BCUT2D eigenvalue weighted by atomic mass is 35.5. The number of aromatic nitrogens is 3. The molecular formula is C17H12Cl2FN3O. The first-order valence-electron chi connectivity index (χ1n) is 7.17. The summed E-state index contributed by atoms with van der Waals surface area (Å²) in [7, 11) is 0. The predicted octanol–water partition coefficient (Wildman–Crippen LogP) is 5.05. The molecular weight excluding hydrogens is 352 g/mol. The Morgan fingerprint density at radius 1 is 1.04 bits per heavy atom. The van der Waals surface area contributed by atoms with Gasteiger partial charge < -0.3 is 4.74 Å². The van der Waals surface area contributed by atoms with Crippen LogP contribution in [0.25, 0.3) is 22.6 Å². The van der Waals surface area contributed by atoms with Crippen molar-refractivity contribution in [2.75, 3.05) is 6.61 Å². The van der Waals surface area contributed by atoms with Crippen molar-refractivity contribution in [1.82, 2.24) is 15.2 Å². The van der Waals surface area contributed by atoms with Gasteiger partial charge >= 0.3 is 0 Å². The Bertz CT molecular complexity index is 872. The second-order valence-corrected chi connectivity index (χ2v) is 5.70. The van der Waals surface area contributed by atoms with Gasteiger partial charge in [0, 0.05) is 16.1 Å². The first-order valence-corrected chi connectivity index (χ1v) is 7.93. The Kier molecular flexibility index (Phi) is 4.92. The number of hydrogen-bond donors (Lipinski definition) is 0. The Morgan fingerprint density at radius 2 is 1.79 bits per heavy atom. The van der Waals surface area contributed by atoms with Gasteiger partial charge in [-0.15, -0.1) is 10.2 Å². The Morgan fingerprint density at radius 3 is 2.46 bits per heavy atom. The molecule has 0 aliphatic carbocycles. The number of rotatable bonds is 4. The normalized spacial score (nSPS) is 10.7. The second kappa shape index (κ2) is 7.11. The summed E-state index contributed by atoms with van der Waals surface area (Å²) in [6.45, 7) is 2.24. The van der Waals surface area contributed by atoms with Crippen LogP contribution in [-0.2, 0) is 0 Å². The van der Waals surface area contributed by atoms with Crippen molar-refractivity contribution in [1.29, 1.82) is 0 Å². The summed E-state index contributed by atoms with van der Waals surface area (Å²) in [5, 5.41) is 9.24. The molecule has 0 aliphatic rings. The lowest BCUT2D eigenvalue weighted by molar-refractivity contribution is 0.326. The molecule has 0 atom stereocenters. The molecule has 3 aromatic rings. The predicted molar refractivity (Wildman–Crippen MR) is 91.8 cm³/mol. The van der Waals surface area contributed by atoms with Crippen molar-refractivity contribution >= 4 is 23.2 Å². The van der Waals surface area contributed by atoms with Gasteiger partial charge in [-0.3, -0.25) is 0 Å². The third-order valence-corrected chi connectivity index (χ3v) is 3.77. The number of benzene rings is 2. The molecule has 0 unspecified atom stereocenters. The van der Waals surface area contributed by atoms with Crippen molar-refractivity contribution in [2.24, 2.45) is 0 Å². The van der Waals surface area contributed by atoms with E-state index in [1.165, 1.54) is 12.1 Å². The fourth-order valence-corrected chi connectivity index (χ4v) is 2.62. The monoisotopic (exact) mass is 363 g/mol. The number of nitrogens with zero attached hydrogens (tertiary/aromatic N) is 3. The molecule has 7 heteroatoms. The summed E-state index contributed by atoms with van der Waals surface area (Å²) < 4.78 is 18.7. The first kappa shape index (κ1) is 16.6. The molecule has 0 aliphatic heterocycles. The highest BCUT2D eigenvalue weighted by molar-refractivity contribution is 6.36. The van der Waals surface area contributed by atoms with E-state index in [-0.39, 0.29) is 5.82 Å². The number of ether oxygens (including phenoxy) is 1. The summed E-state index contributed by atoms with van der Waals surface area (Å²) in [4.78, 5) is 4.40. The third kappa shape index (κ3) is 3.47. The zero-order chi connectivity index (χ0) is 17.1. The third-order valence-electron chi connectivity index (χ3n) is 3.23. The molecule has 1 aromatic heterocycles. The van der Waals surface area contributed by atoms with Crippen LogP contribution in [-0.4, -0.2) is 21.8 Å². The summed E-state index contributed by atoms with van der Waals surface area (Å²) in [6.07, 6.45) is 0. The van der Waals surface area contributed by atoms with Crippen LogP contribution >= 0.6 is 23.2 Å². The minimum Gasteiger partial charge on any atom is -0.476 e. The Hall–Kier alpha value is -2.24. The van der Waals surface area contributed by atoms with Crippen molar-refractivity contribution < 1.29 is 9.13 Å². The molecule has 24 heavy (non-hydrogen) atoms. The van der Waals surface area contributed by atoms with Crippen LogP contribution in [0.4, 0.5) is 4.39 Å². The summed E-state index contributed by atoms with van der Waals surface area (Å²) in [5.41, 5.74) is 1.69. The van der Waals surface area contributed by atoms with Gasteiger partial charge in [0.2, 0.25) is 5.88 Å². The van der Waals surface area contributed by atoms with E-state index in [0.717, 1.165) is 0 Å². The summed E-state index contributed by atoms with van der Waals surface area (Å²) in [5.74, 6) is 0.299. The van der Waals surface area contributed by atoms with E-state index < -0.39 is 0 Å². The Labute approximate surface area is 148 Å². The summed E-state index contributed by atoms with van der Waals surface area (Å²) >= 11 is 12.1. The molecule has 0 fully saturated rings. The SMILES string of the molecule is CCOc1nc(-c2ccc(Cl)cc2Cl)nnc1-c1ccc(F)cc1. The molecule has 4 nitrogen and oxygen atoms in total. The van der Waals surface area contributed by atoms with E-state index in [1.807, 2.05) is 6.92 Å². The fourth-order valence-electron chi connectivity index (χ4n) is 2.12. The lowest BCUT2D eigenvalue weighted by Gasteiger charge is -2.10. The van der Waals surface area contributed by atoms with E-state index in [2.05, 4.69) is 15.2 Å². The van der Waals surface area contributed by atoms with Crippen LogP contribution in [0.5, 0.6) is 5.88 Å². The minimum atomic E-state index is -0.331. The zero-order valence-electron chi connectivity index (χ0n) is 12.6. The van der Waals surface area contributed by atoms with Crippen LogP contribution in [0.15, 0.2) is 42.5 Å². The molecule has 0 radical (unpaired) electrons. The van der Waals surface area contributed by atoms with Crippen LogP contribution in [0.3, 0.4) is 0 Å². The molecule has 122 valence electrons. The average Bonchev–Trinajstić information content (AvgIpc) is 2.56. The molecule has 3 rings (SSSR count). The summed E-state index contributed by atoms with van der Waals surface area (Å²) in [6, 6.07) is 10.9. The maximum absolute atomic E-state index is 13.1. The molecule has 0 bridgehead atoms. The molecule has 0 saturated carbocycles. The van der Waals surface area contributed by atoms with Gasteiger partial charge in [0.1, 0.15) is 5.82 Å². The van der Waals surface area contributed by atoms with Crippen molar-refractivity contribution in [2.45, 2.75) is 6.92 Å². The molecule has 0 amide bonds. The standard InChI is InChI=1S/C17H12Cl2FN3O/c1-2-24-17-15(10-3-6-12(20)7-4-10)22-23-16(21-17)13-8-5-11(18)9-14(13)19/h3-9H,2H2,1H3. The van der Waals surface area contributed by atoms with E-state index in [9.17, 15) is 4.39 Å². The number of halogens is 3. The minimum absolute atomic E-state index is 0.306. The largest absolute Gasteiger partial charge is 0.476 e. The molecule has 0 spiro atoms.